The summed E-state index contributed by atoms with van der Waals surface area (Å²) >= 11 is 6.26. The first-order valence-electron chi connectivity index (χ1n) is 5.91. The molecule has 3 rings (SSSR count). The number of imidazole rings is 1. The third kappa shape index (κ3) is 1.92. The molecule has 2 heterocycles. The Morgan fingerprint density at radius 3 is 2.90 bits per heavy atom. The molecule has 0 aliphatic rings. The number of benzene rings is 1. The van der Waals surface area contributed by atoms with Crippen molar-refractivity contribution < 1.29 is 9.90 Å². The fourth-order valence-corrected chi connectivity index (χ4v) is 2.26. The van der Waals surface area contributed by atoms with Crippen molar-refractivity contribution >= 4 is 28.7 Å². The number of hydrogen-bond acceptors (Lipinski definition) is 3. The lowest BCUT2D eigenvalue weighted by atomic mass is 10.1. The highest BCUT2D eigenvalue weighted by Crippen LogP contribution is 2.30. The summed E-state index contributed by atoms with van der Waals surface area (Å²) in [5, 5.41) is 9.75. The van der Waals surface area contributed by atoms with Crippen LogP contribution in [0.1, 0.15) is 15.9 Å². The van der Waals surface area contributed by atoms with E-state index in [0.717, 1.165) is 11.1 Å². The number of carboxylic acid groups (broad SMARTS) is 1. The highest BCUT2D eigenvalue weighted by Gasteiger charge is 2.15. The van der Waals surface area contributed by atoms with E-state index < -0.39 is 5.97 Å². The van der Waals surface area contributed by atoms with Crippen LogP contribution in [-0.2, 0) is 0 Å². The maximum absolute atomic E-state index is 11.2. The van der Waals surface area contributed by atoms with Crippen LogP contribution >= 0.6 is 11.6 Å². The van der Waals surface area contributed by atoms with Gasteiger partial charge in [-0.15, -0.1) is 0 Å². The second-order valence-electron chi connectivity index (χ2n) is 4.38. The minimum atomic E-state index is -1.03. The van der Waals surface area contributed by atoms with Crippen LogP contribution < -0.4 is 0 Å². The molecular formula is C14H10ClN3O2. The van der Waals surface area contributed by atoms with Crippen molar-refractivity contribution in [2.75, 3.05) is 0 Å². The predicted octanol–water partition coefficient (Wildman–Crippen LogP) is 3.28. The fourth-order valence-electron chi connectivity index (χ4n) is 2.05. The summed E-state index contributed by atoms with van der Waals surface area (Å²) in [7, 11) is 0. The molecule has 2 N–H and O–H groups in total. The number of fused-ring (bicyclic) bond motifs is 1. The van der Waals surface area contributed by atoms with Crippen LogP contribution in [0, 0.1) is 6.92 Å². The molecule has 1 aromatic carbocycles. The predicted molar refractivity (Wildman–Crippen MR) is 76.0 cm³/mol. The van der Waals surface area contributed by atoms with E-state index in [2.05, 4.69) is 15.0 Å². The second-order valence-corrected chi connectivity index (χ2v) is 4.76. The molecule has 0 radical (unpaired) electrons. The largest absolute Gasteiger partial charge is 0.478 e. The first-order chi connectivity index (χ1) is 9.58. The van der Waals surface area contributed by atoms with Gasteiger partial charge >= 0.3 is 5.97 Å². The van der Waals surface area contributed by atoms with Gasteiger partial charge in [0.05, 0.1) is 16.1 Å². The molecule has 2 aromatic heterocycles. The van der Waals surface area contributed by atoms with E-state index in [1.807, 2.05) is 25.1 Å². The van der Waals surface area contributed by atoms with Crippen LogP contribution in [0.25, 0.3) is 22.6 Å². The molecule has 100 valence electrons. The van der Waals surface area contributed by atoms with Gasteiger partial charge in [0.15, 0.2) is 5.65 Å². The summed E-state index contributed by atoms with van der Waals surface area (Å²) in [6.45, 7) is 1.90. The fraction of sp³-hybridized carbons (Fsp3) is 0.0714. The van der Waals surface area contributed by atoms with Crippen LogP contribution in [0.3, 0.4) is 0 Å². The number of aryl methyl sites for hydroxylation is 1. The molecular weight excluding hydrogens is 278 g/mol. The molecule has 6 heteroatoms. The van der Waals surface area contributed by atoms with Crippen LogP contribution in [0.15, 0.2) is 30.5 Å². The molecule has 0 saturated carbocycles. The Balaban J connectivity index is 2.26. The zero-order chi connectivity index (χ0) is 14.3. The standard InChI is InChI=1S/C14H10ClN3O2/c1-7-3-2-4-8(10(7)15)12-17-11-9(14(19)20)5-6-16-13(11)18-12/h2-6H,1H3,(H,19,20)(H,16,17,18). The van der Waals surface area contributed by atoms with Crippen molar-refractivity contribution in [3.8, 4) is 11.4 Å². The van der Waals surface area contributed by atoms with Crippen molar-refractivity contribution in [1.29, 1.82) is 0 Å². The molecule has 0 unspecified atom stereocenters. The van der Waals surface area contributed by atoms with Gasteiger partial charge in [-0.25, -0.2) is 14.8 Å². The average molecular weight is 288 g/mol. The third-order valence-electron chi connectivity index (χ3n) is 3.07. The molecule has 5 nitrogen and oxygen atoms in total. The smallest absolute Gasteiger partial charge is 0.338 e. The summed E-state index contributed by atoms with van der Waals surface area (Å²) < 4.78 is 0. The Morgan fingerprint density at radius 2 is 2.15 bits per heavy atom. The van der Waals surface area contributed by atoms with Gasteiger partial charge in [-0.05, 0) is 24.6 Å². The van der Waals surface area contributed by atoms with Gasteiger partial charge in [-0.3, -0.25) is 0 Å². The number of nitrogens with zero attached hydrogens (tertiary/aromatic N) is 2. The Hall–Kier alpha value is -2.40. The molecule has 0 fully saturated rings. The van der Waals surface area contributed by atoms with E-state index in [1.54, 1.807) is 0 Å². The average Bonchev–Trinajstić information content (AvgIpc) is 2.84. The minimum Gasteiger partial charge on any atom is -0.478 e. The number of aromatic carboxylic acids is 1. The number of carboxylic acids is 1. The van der Waals surface area contributed by atoms with Gasteiger partial charge in [0, 0.05) is 11.8 Å². The van der Waals surface area contributed by atoms with Crippen molar-refractivity contribution in [2.45, 2.75) is 6.92 Å². The molecule has 0 aliphatic heterocycles. The van der Waals surface area contributed by atoms with Crippen molar-refractivity contribution in [3.05, 3.63) is 46.6 Å². The highest BCUT2D eigenvalue weighted by molar-refractivity contribution is 6.34. The lowest BCUT2D eigenvalue weighted by Gasteiger charge is -2.02. The molecule has 0 spiro atoms. The van der Waals surface area contributed by atoms with E-state index in [4.69, 9.17) is 16.7 Å². The maximum Gasteiger partial charge on any atom is 0.338 e. The zero-order valence-electron chi connectivity index (χ0n) is 10.5. The number of halogens is 1. The first-order valence-corrected chi connectivity index (χ1v) is 6.29. The van der Waals surface area contributed by atoms with Crippen LogP contribution in [0.5, 0.6) is 0 Å². The van der Waals surface area contributed by atoms with E-state index >= 15 is 0 Å². The van der Waals surface area contributed by atoms with Gasteiger partial charge < -0.3 is 10.1 Å². The quantitative estimate of drug-likeness (QED) is 0.758. The Kier molecular flexibility index (Phi) is 2.91. The second kappa shape index (κ2) is 4.61. The number of rotatable bonds is 2. The number of nitrogens with one attached hydrogen (secondary N) is 1. The van der Waals surface area contributed by atoms with E-state index in [0.29, 0.717) is 22.0 Å². The SMILES string of the molecule is Cc1cccc(-c2nc3nccc(C(=O)O)c3[nH]2)c1Cl. The van der Waals surface area contributed by atoms with Gasteiger partial charge in [0.25, 0.3) is 0 Å². The monoisotopic (exact) mass is 287 g/mol. The highest BCUT2D eigenvalue weighted by atomic mass is 35.5. The van der Waals surface area contributed by atoms with Crippen LogP contribution in [0.2, 0.25) is 5.02 Å². The lowest BCUT2D eigenvalue weighted by Crippen LogP contribution is -1.97. The Labute approximate surface area is 119 Å². The zero-order valence-corrected chi connectivity index (χ0v) is 11.3. The first kappa shape index (κ1) is 12.6. The van der Waals surface area contributed by atoms with Crippen LogP contribution in [-0.4, -0.2) is 26.0 Å². The van der Waals surface area contributed by atoms with Gasteiger partial charge in [0.1, 0.15) is 5.82 Å². The summed E-state index contributed by atoms with van der Waals surface area (Å²) in [6, 6.07) is 7.03. The topological polar surface area (TPSA) is 78.9 Å². The number of pyridine rings is 1. The van der Waals surface area contributed by atoms with Crippen LogP contribution in [0.4, 0.5) is 0 Å². The normalized spacial score (nSPS) is 10.9. The summed E-state index contributed by atoms with van der Waals surface area (Å²) in [6.07, 6.45) is 1.42. The number of aromatic amines is 1. The third-order valence-corrected chi connectivity index (χ3v) is 3.57. The number of carbonyl (C=O) groups is 1. The number of H-pyrrole nitrogens is 1. The number of aromatic nitrogens is 3. The molecule has 20 heavy (non-hydrogen) atoms. The molecule has 0 aliphatic carbocycles. The van der Waals surface area contributed by atoms with Gasteiger partial charge in [-0.2, -0.15) is 0 Å². The maximum atomic E-state index is 11.2. The molecule has 0 saturated heterocycles. The van der Waals surface area contributed by atoms with Gasteiger partial charge in [-0.1, -0.05) is 23.7 Å². The Morgan fingerprint density at radius 1 is 1.35 bits per heavy atom. The van der Waals surface area contributed by atoms with Crippen molar-refractivity contribution in [1.82, 2.24) is 15.0 Å². The Bertz CT molecular complexity index is 826. The number of hydrogen-bond donors (Lipinski definition) is 2. The lowest BCUT2D eigenvalue weighted by molar-refractivity contribution is 0.0699. The summed E-state index contributed by atoms with van der Waals surface area (Å²) in [5.74, 6) is -0.516. The molecule has 0 amide bonds. The summed E-state index contributed by atoms with van der Waals surface area (Å²) in [4.78, 5) is 22.6. The minimum absolute atomic E-state index is 0.137. The van der Waals surface area contributed by atoms with E-state index in [-0.39, 0.29) is 5.56 Å². The van der Waals surface area contributed by atoms with Gasteiger partial charge in [0.2, 0.25) is 0 Å². The molecule has 0 atom stereocenters. The molecule has 3 aromatic rings. The van der Waals surface area contributed by atoms with E-state index in [9.17, 15) is 4.79 Å². The van der Waals surface area contributed by atoms with Crippen molar-refractivity contribution in [2.24, 2.45) is 0 Å². The van der Waals surface area contributed by atoms with E-state index in [1.165, 1.54) is 12.3 Å². The molecule has 0 bridgehead atoms. The van der Waals surface area contributed by atoms with Crippen molar-refractivity contribution in [3.63, 3.8) is 0 Å². The summed E-state index contributed by atoms with van der Waals surface area (Å²) in [5.41, 5.74) is 2.54.